The minimum Gasteiger partial charge on any atom is -0.407 e. The van der Waals surface area contributed by atoms with Crippen molar-refractivity contribution in [2.75, 3.05) is 6.54 Å². The number of nitrogens with one attached hydrogen (secondary N) is 1. The van der Waals surface area contributed by atoms with Crippen molar-refractivity contribution >= 4 is 6.09 Å². The van der Waals surface area contributed by atoms with Crippen molar-refractivity contribution in [3.05, 3.63) is 83.9 Å². The molecule has 25 heavy (non-hydrogen) atoms. The van der Waals surface area contributed by atoms with Gasteiger partial charge in [-0.25, -0.2) is 9.18 Å². The van der Waals surface area contributed by atoms with E-state index >= 15 is 0 Å². The third kappa shape index (κ3) is 4.91. The molecule has 0 atom stereocenters. The predicted octanol–water partition coefficient (Wildman–Crippen LogP) is 3.40. The van der Waals surface area contributed by atoms with Crippen molar-refractivity contribution < 1.29 is 13.9 Å². The molecule has 0 radical (unpaired) electrons. The molecule has 0 aliphatic heterocycles. The van der Waals surface area contributed by atoms with Gasteiger partial charge in [-0.2, -0.15) is 5.10 Å². The Bertz CT molecular complexity index is 833. The van der Waals surface area contributed by atoms with Crippen LogP contribution in [0.1, 0.15) is 11.1 Å². The molecule has 2 aromatic carbocycles. The van der Waals surface area contributed by atoms with E-state index in [1.807, 2.05) is 30.3 Å². The zero-order chi connectivity index (χ0) is 17.5. The van der Waals surface area contributed by atoms with Crippen molar-refractivity contribution in [1.82, 2.24) is 15.1 Å². The van der Waals surface area contributed by atoms with Gasteiger partial charge in [-0.1, -0.05) is 48.5 Å². The van der Waals surface area contributed by atoms with Gasteiger partial charge in [0.15, 0.2) is 5.75 Å². The molecule has 0 spiro atoms. The van der Waals surface area contributed by atoms with Crippen LogP contribution in [-0.4, -0.2) is 22.4 Å². The van der Waals surface area contributed by atoms with E-state index in [0.29, 0.717) is 24.3 Å². The molecule has 1 amide bonds. The molecule has 1 heterocycles. The maximum atomic E-state index is 13.5. The normalized spacial score (nSPS) is 10.4. The number of carbonyl (C=O) groups is 1. The first-order chi connectivity index (χ1) is 12.2. The van der Waals surface area contributed by atoms with E-state index < -0.39 is 6.09 Å². The largest absolute Gasteiger partial charge is 0.412 e. The van der Waals surface area contributed by atoms with Gasteiger partial charge in [0.25, 0.3) is 0 Å². The molecule has 3 rings (SSSR count). The Hall–Kier alpha value is -3.15. The van der Waals surface area contributed by atoms with Gasteiger partial charge in [0.2, 0.25) is 0 Å². The number of aromatic nitrogens is 2. The molecule has 5 nitrogen and oxygen atoms in total. The van der Waals surface area contributed by atoms with Crippen LogP contribution in [0.3, 0.4) is 0 Å². The standard InChI is InChI=1S/C19H18FN3O2/c20-18-9-5-4-8-16(18)10-11-21-19(24)25-17-12-22-23(14-17)13-15-6-2-1-3-7-15/h1-9,12,14H,10-11,13H2,(H,21,24). The smallest absolute Gasteiger partial charge is 0.407 e. The third-order valence-corrected chi connectivity index (χ3v) is 3.63. The molecule has 0 saturated heterocycles. The summed E-state index contributed by atoms with van der Waals surface area (Å²) in [6, 6.07) is 16.3. The maximum Gasteiger partial charge on any atom is 0.412 e. The summed E-state index contributed by atoms with van der Waals surface area (Å²) in [5.41, 5.74) is 1.66. The lowest BCUT2D eigenvalue weighted by atomic mass is 10.1. The summed E-state index contributed by atoms with van der Waals surface area (Å²) < 4.78 is 20.4. The van der Waals surface area contributed by atoms with Gasteiger partial charge in [0.05, 0.1) is 18.9 Å². The summed E-state index contributed by atoms with van der Waals surface area (Å²) in [5.74, 6) is 0.0826. The summed E-state index contributed by atoms with van der Waals surface area (Å²) in [4.78, 5) is 11.8. The zero-order valence-electron chi connectivity index (χ0n) is 13.6. The first kappa shape index (κ1) is 16.7. The van der Waals surface area contributed by atoms with Crippen LogP contribution in [0.5, 0.6) is 5.75 Å². The summed E-state index contributed by atoms with van der Waals surface area (Å²) in [5, 5.41) is 6.77. The van der Waals surface area contributed by atoms with Crippen molar-refractivity contribution in [2.24, 2.45) is 0 Å². The highest BCUT2D eigenvalue weighted by atomic mass is 19.1. The number of carbonyl (C=O) groups excluding carboxylic acids is 1. The number of ether oxygens (including phenoxy) is 1. The minimum absolute atomic E-state index is 0.278. The maximum absolute atomic E-state index is 13.5. The first-order valence-electron chi connectivity index (χ1n) is 7.96. The van der Waals surface area contributed by atoms with Crippen LogP contribution in [-0.2, 0) is 13.0 Å². The van der Waals surface area contributed by atoms with Crippen LogP contribution in [0.25, 0.3) is 0 Å². The summed E-state index contributed by atoms with van der Waals surface area (Å²) in [6.45, 7) is 0.886. The quantitative estimate of drug-likeness (QED) is 0.749. The number of benzene rings is 2. The number of hydrogen-bond acceptors (Lipinski definition) is 3. The van der Waals surface area contributed by atoms with Crippen molar-refractivity contribution in [3.63, 3.8) is 0 Å². The highest BCUT2D eigenvalue weighted by molar-refractivity contribution is 5.70. The fourth-order valence-electron chi connectivity index (χ4n) is 2.40. The van der Waals surface area contributed by atoms with Gasteiger partial charge in [-0.05, 0) is 23.6 Å². The average Bonchev–Trinajstić information content (AvgIpc) is 3.04. The summed E-state index contributed by atoms with van der Waals surface area (Å²) >= 11 is 0. The monoisotopic (exact) mass is 339 g/mol. The fraction of sp³-hybridized carbons (Fsp3) is 0.158. The number of halogens is 1. The SMILES string of the molecule is O=C(NCCc1ccccc1F)Oc1cnn(Cc2ccccc2)c1. The second-order valence-corrected chi connectivity index (χ2v) is 5.52. The molecule has 6 heteroatoms. The Morgan fingerprint density at radius 3 is 2.68 bits per heavy atom. The second kappa shape index (κ2) is 8.10. The van der Waals surface area contributed by atoms with Crippen LogP contribution in [0.4, 0.5) is 9.18 Å². The predicted molar refractivity (Wildman–Crippen MR) is 91.9 cm³/mol. The van der Waals surface area contributed by atoms with Crippen LogP contribution in [0.15, 0.2) is 67.0 Å². The van der Waals surface area contributed by atoms with Gasteiger partial charge in [0, 0.05) is 6.54 Å². The molecule has 3 aromatic rings. The molecule has 0 aliphatic rings. The van der Waals surface area contributed by atoms with Crippen LogP contribution >= 0.6 is 0 Å². The van der Waals surface area contributed by atoms with Crippen molar-refractivity contribution in [2.45, 2.75) is 13.0 Å². The minimum atomic E-state index is -0.587. The molecule has 1 N–H and O–H groups in total. The van der Waals surface area contributed by atoms with Crippen LogP contribution < -0.4 is 10.1 Å². The molecule has 0 bridgehead atoms. The van der Waals surface area contributed by atoms with E-state index in [9.17, 15) is 9.18 Å². The number of hydrogen-bond donors (Lipinski definition) is 1. The molecule has 128 valence electrons. The fourth-order valence-corrected chi connectivity index (χ4v) is 2.40. The lowest BCUT2D eigenvalue weighted by Crippen LogP contribution is -2.28. The van der Waals surface area contributed by atoms with E-state index in [1.54, 1.807) is 29.1 Å². The van der Waals surface area contributed by atoms with Crippen LogP contribution in [0.2, 0.25) is 0 Å². The number of amides is 1. The van der Waals surface area contributed by atoms with E-state index in [2.05, 4.69) is 10.4 Å². The first-order valence-corrected chi connectivity index (χ1v) is 7.96. The summed E-state index contributed by atoms with van der Waals surface area (Å²) in [6.07, 6.45) is 2.95. The highest BCUT2D eigenvalue weighted by Gasteiger charge is 2.07. The average molecular weight is 339 g/mol. The molecule has 1 aromatic heterocycles. The van der Waals surface area contributed by atoms with E-state index in [4.69, 9.17) is 4.74 Å². The molecule has 0 unspecified atom stereocenters. The Morgan fingerprint density at radius 1 is 1.12 bits per heavy atom. The van der Waals surface area contributed by atoms with E-state index in [0.717, 1.165) is 5.56 Å². The number of nitrogens with zero attached hydrogens (tertiary/aromatic N) is 2. The van der Waals surface area contributed by atoms with Gasteiger partial charge in [0.1, 0.15) is 5.82 Å². The van der Waals surface area contributed by atoms with Crippen molar-refractivity contribution in [1.29, 1.82) is 0 Å². The van der Waals surface area contributed by atoms with Gasteiger partial charge < -0.3 is 10.1 Å². The summed E-state index contributed by atoms with van der Waals surface area (Å²) in [7, 11) is 0. The van der Waals surface area contributed by atoms with E-state index in [-0.39, 0.29) is 12.4 Å². The Kier molecular flexibility index (Phi) is 5.41. The van der Waals surface area contributed by atoms with Gasteiger partial charge in [-0.15, -0.1) is 0 Å². The topological polar surface area (TPSA) is 56.1 Å². The molecular weight excluding hydrogens is 321 g/mol. The van der Waals surface area contributed by atoms with Crippen molar-refractivity contribution in [3.8, 4) is 5.75 Å². The lowest BCUT2D eigenvalue weighted by molar-refractivity contribution is 0.200. The second-order valence-electron chi connectivity index (χ2n) is 5.52. The van der Waals surface area contributed by atoms with Crippen LogP contribution in [0, 0.1) is 5.82 Å². The third-order valence-electron chi connectivity index (χ3n) is 3.63. The Labute approximate surface area is 145 Å². The molecular formula is C19H18FN3O2. The molecule has 0 saturated carbocycles. The number of rotatable bonds is 6. The molecule has 0 fully saturated rings. The lowest BCUT2D eigenvalue weighted by Gasteiger charge is -2.06. The molecule has 0 aliphatic carbocycles. The van der Waals surface area contributed by atoms with Gasteiger partial charge >= 0.3 is 6.09 Å². The zero-order valence-corrected chi connectivity index (χ0v) is 13.6. The van der Waals surface area contributed by atoms with E-state index in [1.165, 1.54) is 12.3 Å². The highest BCUT2D eigenvalue weighted by Crippen LogP contribution is 2.11. The Balaban J connectivity index is 1.46. The van der Waals surface area contributed by atoms with Gasteiger partial charge in [-0.3, -0.25) is 4.68 Å². The Morgan fingerprint density at radius 2 is 1.88 bits per heavy atom.